The smallest absolute Gasteiger partial charge is 0.186 e. The third-order valence-electron chi connectivity index (χ3n) is 3.25. The molecule has 1 fully saturated rings. The van der Waals surface area contributed by atoms with Crippen LogP contribution in [0.1, 0.15) is 19.5 Å². The largest absolute Gasteiger partial charge is 0.386 e. The molecule has 0 bridgehead atoms. The van der Waals surface area contributed by atoms with Gasteiger partial charge in [0.05, 0.1) is 18.8 Å². The second kappa shape index (κ2) is 3.66. The fraction of sp³-hybridized carbons (Fsp3) is 0.636. The lowest BCUT2D eigenvalue weighted by Crippen LogP contribution is -2.65. The summed E-state index contributed by atoms with van der Waals surface area (Å²) in [5, 5.41) is 10.1. The van der Waals surface area contributed by atoms with Gasteiger partial charge in [0.15, 0.2) is 11.6 Å². The van der Waals surface area contributed by atoms with E-state index in [1.54, 1.807) is 11.8 Å². The summed E-state index contributed by atoms with van der Waals surface area (Å²) in [6.45, 7) is 6.38. The van der Waals surface area contributed by atoms with E-state index in [1.807, 2.05) is 13.8 Å². The molecule has 1 saturated heterocycles. The molecule has 0 radical (unpaired) electrons. The first-order chi connectivity index (χ1) is 7.44. The van der Waals surface area contributed by atoms with E-state index in [4.69, 9.17) is 0 Å². The molecule has 5 heteroatoms. The highest BCUT2D eigenvalue weighted by atomic mass is 19.1. The Kier molecular flexibility index (Phi) is 2.58. The Morgan fingerprint density at radius 3 is 2.62 bits per heavy atom. The van der Waals surface area contributed by atoms with Crippen molar-refractivity contribution >= 4 is 5.82 Å². The number of aryl methyl sites for hydroxylation is 1. The SMILES string of the molecule is Cc1ncnc(N2CC(O)(C(C)C)C2)c1F. The molecule has 1 aliphatic heterocycles. The van der Waals surface area contributed by atoms with Crippen LogP contribution in [-0.2, 0) is 0 Å². The number of aromatic nitrogens is 2. The van der Waals surface area contributed by atoms with E-state index in [9.17, 15) is 9.50 Å². The molecule has 0 saturated carbocycles. The normalized spacial score (nSPS) is 18.8. The third kappa shape index (κ3) is 1.65. The minimum absolute atomic E-state index is 0.162. The predicted molar refractivity (Wildman–Crippen MR) is 58.7 cm³/mol. The molecule has 1 N–H and O–H groups in total. The van der Waals surface area contributed by atoms with Gasteiger partial charge in [-0.3, -0.25) is 0 Å². The second-order valence-corrected chi connectivity index (χ2v) is 4.71. The minimum Gasteiger partial charge on any atom is -0.386 e. The number of aliphatic hydroxyl groups is 1. The molecule has 2 heterocycles. The molecule has 0 amide bonds. The first kappa shape index (κ1) is 11.3. The predicted octanol–water partition coefficient (Wildman–Crippen LogP) is 1.13. The highest BCUT2D eigenvalue weighted by molar-refractivity contribution is 5.45. The Morgan fingerprint density at radius 1 is 1.44 bits per heavy atom. The van der Waals surface area contributed by atoms with Crippen LogP contribution in [0.2, 0.25) is 0 Å². The van der Waals surface area contributed by atoms with Crippen LogP contribution in [0, 0.1) is 18.7 Å². The zero-order valence-corrected chi connectivity index (χ0v) is 9.74. The van der Waals surface area contributed by atoms with E-state index in [1.165, 1.54) is 6.33 Å². The minimum atomic E-state index is -0.717. The Bertz CT molecular complexity index is 402. The summed E-state index contributed by atoms with van der Waals surface area (Å²) in [4.78, 5) is 9.43. The van der Waals surface area contributed by atoms with Gasteiger partial charge in [-0.15, -0.1) is 0 Å². The van der Waals surface area contributed by atoms with E-state index < -0.39 is 11.4 Å². The lowest BCUT2D eigenvalue weighted by Gasteiger charge is -2.49. The summed E-state index contributed by atoms with van der Waals surface area (Å²) in [6.07, 6.45) is 1.35. The summed E-state index contributed by atoms with van der Waals surface area (Å²) < 4.78 is 13.7. The zero-order valence-electron chi connectivity index (χ0n) is 9.74. The lowest BCUT2D eigenvalue weighted by atomic mass is 9.83. The monoisotopic (exact) mass is 225 g/mol. The van der Waals surface area contributed by atoms with Crippen molar-refractivity contribution in [1.82, 2.24) is 9.97 Å². The van der Waals surface area contributed by atoms with Gasteiger partial charge >= 0.3 is 0 Å². The molecule has 0 spiro atoms. The van der Waals surface area contributed by atoms with E-state index in [0.29, 0.717) is 18.8 Å². The van der Waals surface area contributed by atoms with Gasteiger partial charge in [-0.25, -0.2) is 14.4 Å². The highest BCUT2D eigenvalue weighted by Crippen LogP contribution is 2.33. The number of β-amino-alcohol motifs (C(OH)–C–C–N with tert-alkyl or cyclic N) is 1. The standard InChI is InChI=1S/C11H16FN3O/c1-7(2)11(16)4-15(5-11)10-9(12)8(3)13-6-14-10/h6-7,16H,4-5H2,1-3H3. The average molecular weight is 225 g/mol. The van der Waals surface area contributed by atoms with Crippen molar-refractivity contribution in [2.24, 2.45) is 5.92 Å². The molecule has 1 aromatic rings. The average Bonchev–Trinajstić information content (AvgIpc) is 2.17. The van der Waals surface area contributed by atoms with E-state index in [0.717, 1.165) is 0 Å². The van der Waals surface area contributed by atoms with E-state index >= 15 is 0 Å². The molecule has 0 aliphatic carbocycles. The maximum absolute atomic E-state index is 13.7. The molecule has 1 aromatic heterocycles. The maximum Gasteiger partial charge on any atom is 0.186 e. The Balaban J connectivity index is 2.16. The van der Waals surface area contributed by atoms with Crippen LogP contribution in [0.5, 0.6) is 0 Å². The molecule has 1 aliphatic rings. The van der Waals surface area contributed by atoms with Crippen molar-refractivity contribution in [1.29, 1.82) is 0 Å². The summed E-state index contributed by atoms with van der Waals surface area (Å²) in [7, 11) is 0. The van der Waals surface area contributed by atoms with Crippen LogP contribution in [-0.4, -0.2) is 33.8 Å². The van der Waals surface area contributed by atoms with Gasteiger partial charge < -0.3 is 10.0 Å². The Labute approximate surface area is 94.1 Å². The molecule has 2 rings (SSSR count). The molecule has 16 heavy (non-hydrogen) atoms. The van der Waals surface area contributed by atoms with Gasteiger partial charge in [-0.2, -0.15) is 0 Å². The van der Waals surface area contributed by atoms with Crippen LogP contribution >= 0.6 is 0 Å². The number of nitrogens with zero attached hydrogens (tertiary/aromatic N) is 3. The molecular formula is C11H16FN3O. The number of halogens is 1. The van der Waals surface area contributed by atoms with Crippen molar-refractivity contribution in [3.63, 3.8) is 0 Å². The maximum atomic E-state index is 13.7. The van der Waals surface area contributed by atoms with Crippen molar-refractivity contribution in [3.05, 3.63) is 17.8 Å². The molecule has 0 atom stereocenters. The molecule has 0 unspecified atom stereocenters. The summed E-state index contributed by atoms with van der Waals surface area (Å²) in [5.74, 6) is 0.0564. The number of hydrogen-bond acceptors (Lipinski definition) is 4. The van der Waals surface area contributed by atoms with E-state index in [-0.39, 0.29) is 11.7 Å². The van der Waals surface area contributed by atoms with Gasteiger partial charge in [0.25, 0.3) is 0 Å². The third-order valence-corrected chi connectivity index (χ3v) is 3.25. The molecular weight excluding hydrogens is 209 g/mol. The first-order valence-electron chi connectivity index (χ1n) is 5.38. The van der Waals surface area contributed by atoms with Crippen LogP contribution in [0.15, 0.2) is 6.33 Å². The first-order valence-corrected chi connectivity index (χ1v) is 5.38. The van der Waals surface area contributed by atoms with Gasteiger partial charge in [0.2, 0.25) is 0 Å². The fourth-order valence-electron chi connectivity index (χ4n) is 1.80. The fourth-order valence-corrected chi connectivity index (χ4v) is 1.80. The van der Waals surface area contributed by atoms with Gasteiger partial charge in [-0.05, 0) is 12.8 Å². The molecule has 0 aromatic carbocycles. The van der Waals surface area contributed by atoms with Crippen LogP contribution in [0.3, 0.4) is 0 Å². The van der Waals surface area contributed by atoms with Gasteiger partial charge in [-0.1, -0.05) is 13.8 Å². The van der Waals surface area contributed by atoms with Crippen molar-refractivity contribution in [2.45, 2.75) is 26.4 Å². The lowest BCUT2D eigenvalue weighted by molar-refractivity contribution is -0.0307. The summed E-state index contributed by atoms with van der Waals surface area (Å²) >= 11 is 0. The van der Waals surface area contributed by atoms with Gasteiger partial charge in [0, 0.05) is 0 Å². The van der Waals surface area contributed by atoms with Crippen molar-refractivity contribution < 1.29 is 9.50 Å². The van der Waals surface area contributed by atoms with Gasteiger partial charge in [0.1, 0.15) is 11.9 Å². The molecule has 88 valence electrons. The van der Waals surface area contributed by atoms with Crippen LogP contribution < -0.4 is 4.90 Å². The molecule has 4 nitrogen and oxygen atoms in total. The highest BCUT2D eigenvalue weighted by Gasteiger charge is 2.45. The summed E-state index contributed by atoms with van der Waals surface area (Å²) in [6, 6.07) is 0. The van der Waals surface area contributed by atoms with Crippen LogP contribution in [0.4, 0.5) is 10.2 Å². The number of rotatable bonds is 2. The van der Waals surface area contributed by atoms with Crippen molar-refractivity contribution in [2.75, 3.05) is 18.0 Å². The van der Waals surface area contributed by atoms with Crippen molar-refractivity contribution in [3.8, 4) is 0 Å². The van der Waals surface area contributed by atoms with E-state index in [2.05, 4.69) is 9.97 Å². The van der Waals surface area contributed by atoms with Crippen LogP contribution in [0.25, 0.3) is 0 Å². The second-order valence-electron chi connectivity index (χ2n) is 4.71. The Morgan fingerprint density at radius 2 is 2.06 bits per heavy atom. The number of anilines is 1. The summed E-state index contributed by atoms with van der Waals surface area (Å²) in [5.41, 5.74) is -0.379. The zero-order chi connectivity index (χ0) is 11.9. The topological polar surface area (TPSA) is 49.2 Å². The quantitative estimate of drug-likeness (QED) is 0.819. The number of hydrogen-bond donors (Lipinski definition) is 1. The Hall–Kier alpha value is -1.23.